The number of carbonyl (C=O) groups is 1. The monoisotopic (exact) mass is 167 g/mol. The Labute approximate surface area is 73.9 Å². The molecule has 0 aromatic carbocycles. The number of carbonyl (C=O) groups excluding carboxylic acids is 1. The fraction of sp³-hybridized carbons (Fsp3) is 0.900. The molecule has 0 radical (unpaired) electrons. The highest BCUT2D eigenvalue weighted by Gasteiger charge is 2.35. The van der Waals surface area contributed by atoms with Crippen LogP contribution in [0.1, 0.15) is 32.1 Å². The van der Waals surface area contributed by atoms with Crippen LogP contribution in [-0.2, 0) is 4.79 Å². The summed E-state index contributed by atoms with van der Waals surface area (Å²) in [5.74, 6) is 1.52. The lowest BCUT2D eigenvalue weighted by atomic mass is 9.75. The summed E-state index contributed by atoms with van der Waals surface area (Å²) in [7, 11) is 1.94. The Bertz CT molecular complexity index is 190. The summed E-state index contributed by atoms with van der Waals surface area (Å²) in [6, 6.07) is 0. The Morgan fingerprint density at radius 2 is 2.00 bits per heavy atom. The number of likely N-dealkylation sites (tertiary alicyclic amines) is 1. The number of amides is 1. The minimum Gasteiger partial charge on any atom is -0.346 e. The number of rotatable bonds is 0. The average molecular weight is 167 g/mol. The molecule has 2 heteroatoms. The fourth-order valence-corrected chi connectivity index (χ4v) is 2.63. The standard InChI is InChI=1S/C10H17NO/c1-11-7-6-8-4-2-3-5-9(8)10(11)12/h8-9H,2-7H2,1H3. The van der Waals surface area contributed by atoms with E-state index in [2.05, 4.69) is 0 Å². The number of nitrogens with zero attached hydrogens (tertiary/aromatic N) is 1. The smallest absolute Gasteiger partial charge is 0.225 e. The van der Waals surface area contributed by atoms with Gasteiger partial charge in [0.2, 0.25) is 5.91 Å². The van der Waals surface area contributed by atoms with Crippen LogP contribution in [0.4, 0.5) is 0 Å². The van der Waals surface area contributed by atoms with Crippen LogP contribution in [0.25, 0.3) is 0 Å². The summed E-state index contributed by atoms with van der Waals surface area (Å²) in [4.78, 5) is 13.6. The molecule has 2 aliphatic rings. The van der Waals surface area contributed by atoms with Gasteiger partial charge in [-0.15, -0.1) is 0 Å². The van der Waals surface area contributed by atoms with Gasteiger partial charge in [-0.25, -0.2) is 0 Å². The summed E-state index contributed by atoms with van der Waals surface area (Å²) >= 11 is 0. The van der Waals surface area contributed by atoms with Crippen molar-refractivity contribution in [1.29, 1.82) is 0 Å². The molecule has 2 unspecified atom stereocenters. The summed E-state index contributed by atoms with van der Waals surface area (Å²) in [6.45, 7) is 0.986. The second-order valence-corrected chi connectivity index (χ2v) is 4.20. The van der Waals surface area contributed by atoms with Gasteiger partial charge in [0, 0.05) is 19.5 Å². The van der Waals surface area contributed by atoms with Gasteiger partial charge in [0.25, 0.3) is 0 Å². The first kappa shape index (κ1) is 8.09. The van der Waals surface area contributed by atoms with E-state index in [1.807, 2.05) is 11.9 Å². The Kier molecular flexibility index (Phi) is 2.07. The minimum absolute atomic E-state index is 0.387. The molecule has 0 spiro atoms. The molecule has 68 valence electrons. The van der Waals surface area contributed by atoms with Gasteiger partial charge in [-0.3, -0.25) is 4.79 Å². The molecule has 2 fully saturated rings. The van der Waals surface area contributed by atoms with Crippen molar-refractivity contribution in [2.75, 3.05) is 13.6 Å². The Hall–Kier alpha value is -0.530. The van der Waals surface area contributed by atoms with Gasteiger partial charge >= 0.3 is 0 Å². The van der Waals surface area contributed by atoms with E-state index in [0.717, 1.165) is 18.9 Å². The predicted octanol–water partition coefficient (Wildman–Crippen LogP) is 1.65. The van der Waals surface area contributed by atoms with Crippen molar-refractivity contribution in [2.45, 2.75) is 32.1 Å². The van der Waals surface area contributed by atoms with Gasteiger partial charge in [-0.2, -0.15) is 0 Å². The van der Waals surface area contributed by atoms with Crippen LogP contribution < -0.4 is 0 Å². The molecule has 0 bridgehead atoms. The molecule has 1 aliphatic heterocycles. The summed E-state index contributed by atoms with van der Waals surface area (Å²) in [5, 5.41) is 0. The van der Waals surface area contributed by atoms with Crippen molar-refractivity contribution < 1.29 is 4.79 Å². The summed E-state index contributed by atoms with van der Waals surface area (Å²) in [5.41, 5.74) is 0. The fourth-order valence-electron chi connectivity index (χ4n) is 2.63. The van der Waals surface area contributed by atoms with Crippen molar-refractivity contribution in [2.24, 2.45) is 11.8 Å². The van der Waals surface area contributed by atoms with E-state index in [0.29, 0.717) is 11.8 Å². The van der Waals surface area contributed by atoms with E-state index < -0.39 is 0 Å². The number of hydrogen-bond donors (Lipinski definition) is 0. The highest BCUT2D eigenvalue weighted by atomic mass is 16.2. The quantitative estimate of drug-likeness (QED) is 0.537. The molecule has 1 heterocycles. The third kappa shape index (κ3) is 1.23. The zero-order valence-electron chi connectivity index (χ0n) is 7.75. The number of piperidine rings is 1. The molecular weight excluding hydrogens is 150 g/mol. The van der Waals surface area contributed by atoms with Crippen molar-refractivity contribution in [3.63, 3.8) is 0 Å². The Morgan fingerprint density at radius 1 is 1.25 bits per heavy atom. The molecule has 2 atom stereocenters. The second kappa shape index (κ2) is 3.08. The largest absolute Gasteiger partial charge is 0.346 e. The number of hydrogen-bond acceptors (Lipinski definition) is 1. The zero-order chi connectivity index (χ0) is 8.55. The molecule has 1 saturated heterocycles. The van der Waals surface area contributed by atoms with Crippen LogP contribution in [-0.4, -0.2) is 24.4 Å². The molecule has 1 saturated carbocycles. The maximum Gasteiger partial charge on any atom is 0.225 e. The topological polar surface area (TPSA) is 20.3 Å². The number of fused-ring (bicyclic) bond motifs is 1. The van der Waals surface area contributed by atoms with E-state index in [1.54, 1.807) is 0 Å². The highest BCUT2D eigenvalue weighted by Crippen LogP contribution is 2.36. The third-order valence-corrected chi connectivity index (χ3v) is 3.44. The van der Waals surface area contributed by atoms with Gasteiger partial charge < -0.3 is 4.90 Å². The first-order chi connectivity index (χ1) is 5.79. The van der Waals surface area contributed by atoms with Gasteiger partial charge in [-0.1, -0.05) is 12.8 Å². The van der Waals surface area contributed by atoms with E-state index >= 15 is 0 Å². The summed E-state index contributed by atoms with van der Waals surface area (Å²) < 4.78 is 0. The van der Waals surface area contributed by atoms with Crippen LogP contribution >= 0.6 is 0 Å². The maximum atomic E-state index is 11.7. The Balaban J connectivity index is 2.08. The van der Waals surface area contributed by atoms with Crippen LogP contribution in [0.3, 0.4) is 0 Å². The van der Waals surface area contributed by atoms with Crippen molar-refractivity contribution in [1.82, 2.24) is 4.90 Å². The van der Waals surface area contributed by atoms with Gasteiger partial charge in [-0.05, 0) is 25.2 Å². The Morgan fingerprint density at radius 3 is 2.83 bits per heavy atom. The summed E-state index contributed by atoms with van der Waals surface area (Å²) in [6.07, 6.45) is 6.30. The molecule has 0 N–H and O–H groups in total. The van der Waals surface area contributed by atoms with Crippen molar-refractivity contribution in [3.05, 3.63) is 0 Å². The van der Waals surface area contributed by atoms with E-state index in [-0.39, 0.29) is 0 Å². The lowest BCUT2D eigenvalue weighted by molar-refractivity contribution is -0.141. The third-order valence-electron chi connectivity index (χ3n) is 3.44. The van der Waals surface area contributed by atoms with E-state index in [1.165, 1.54) is 25.7 Å². The first-order valence-corrected chi connectivity index (χ1v) is 5.04. The van der Waals surface area contributed by atoms with Crippen molar-refractivity contribution in [3.8, 4) is 0 Å². The predicted molar refractivity (Wildman–Crippen MR) is 47.7 cm³/mol. The SMILES string of the molecule is CN1CCC2CCCCC2C1=O. The molecular formula is C10H17NO. The lowest BCUT2D eigenvalue weighted by Crippen LogP contribution is -2.44. The van der Waals surface area contributed by atoms with Gasteiger partial charge in [0.15, 0.2) is 0 Å². The average Bonchev–Trinajstić information content (AvgIpc) is 2.12. The van der Waals surface area contributed by atoms with Gasteiger partial charge in [0.1, 0.15) is 0 Å². The normalized spacial score (nSPS) is 36.4. The van der Waals surface area contributed by atoms with Crippen LogP contribution in [0, 0.1) is 11.8 Å². The maximum absolute atomic E-state index is 11.7. The van der Waals surface area contributed by atoms with Crippen LogP contribution in [0.5, 0.6) is 0 Å². The first-order valence-electron chi connectivity index (χ1n) is 5.04. The van der Waals surface area contributed by atoms with Crippen LogP contribution in [0.15, 0.2) is 0 Å². The molecule has 1 amide bonds. The van der Waals surface area contributed by atoms with E-state index in [9.17, 15) is 4.79 Å². The van der Waals surface area contributed by atoms with E-state index in [4.69, 9.17) is 0 Å². The van der Waals surface area contributed by atoms with Crippen molar-refractivity contribution >= 4 is 5.91 Å². The van der Waals surface area contributed by atoms with Gasteiger partial charge in [0.05, 0.1) is 0 Å². The zero-order valence-corrected chi connectivity index (χ0v) is 7.75. The van der Waals surface area contributed by atoms with Crippen LogP contribution in [0.2, 0.25) is 0 Å². The molecule has 0 aromatic heterocycles. The molecule has 1 aliphatic carbocycles. The minimum atomic E-state index is 0.387. The lowest BCUT2D eigenvalue weighted by Gasteiger charge is -2.38. The second-order valence-electron chi connectivity index (χ2n) is 4.20. The molecule has 2 nitrogen and oxygen atoms in total. The molecule has 0 aromatic rings. The molecule has 2 rings (SSSR count). The molecule has 12 heavy (non-hydrogen) atoms. The highest BCUT2D eigenvalue weighted by molar-refractivity contribution is 5.79.